The van der Waals surface area contributed by atoms with Gasteiger partial charge in [0.15, 0.2) is 10.6 Å². The van der Waals surface area contributed by atoms with E-state index >= 15 is 0 Å². The van der Waals surface area contributed by atoms with E-state index in [1.165, 1.54) is 36.3 Å². The lowest BCUT2D eigenvalue weighted by molar-refractivity contribution is 0.238. The lowest BCUT2D eigenvalue weighted by Gasteiger charge is -2.16. The number of H-pyrrole nitrogens is 1. The molecule has 1 aliphatic rings. The van der Waals surface area contributed by atoms with E-state index in [1.54, 1.807) is 24.5 Å². The number of halogens is 1. The van der Waals surface area contributed by atoms with Crippen molar-refractivity contribution in [1.82, 2.24) is 24.8 Å². The molecule has 0 aliphatic carbocycles. The number of pyridine rings is 1. The van der Waals surface area contributed by atoms with E-state index in [-0.39, 0.29) is 5.43 Å². The lowest BCUT2D eigenvalue weighted by Crippen LogP contribution is -2.25. The average molecular weight is 550 g/mol. The number of hydrogen-bond acceptors (Lipinski definition) is 9. The zero-order valence-corrected chi connectivity index (χ0v) is 22.3. The summed E-state index contributed by atoms with van der Waals surface area (Å²) in [5.74, 6) is 1.06. The van der Waals surface area contributed by atoms with E-state index in [2.05, 4.69) is 32.1 Å². The summed E-state index contributed by atoms with van der Waals surface area (Å²) < 4.78 is 5.90. The summed E-state index contributed by atoms with van der Waals surface area (Å²) in [7, 11) is 0. The molecular weight excluding hydrogens is 522 g/mol. The minimum atomic E-state index is -0.108. The number of aromatic nitrogens is 4. The van der Waals surface area contributed by atoms with Gasteiger partial charge in [-0.1, -0.05) is 29.0 Å². The molecule has 0 unspecified atom stereocenters. The number of aromatic amines is 1. The maximum absolute atomic E-state index is 12.0. The van der Waals surface area contributed by atoms with Crippen LogP contribution >= 0.6 is 22.9 Å². The first-order valence-electron chi connectivity index (χ1n) is 12.4. The standard InChI is InChI=1S/C27H28ClN7O2S/c1-2-9-31-27-34-24(22-17-19(36)7-10-29-22)25(38-27)21-8-11-30-26(33-21)32-18-5-6-23(20(28)16-18)37-15-14-35-12-3-4-13-35/h2,5-8,10-11,16-17H,1,3-4,9,12-15H2,(H,29,36)(H,31,34)(H,30,32,33). The van der Waals surface area contributed by atoms with Gasteiger partial charge in [0.2, 0.25) is 5.95 Å². The van der Waals surface area contributed by atoms with Crippen LogP contribution in [0.1, 0.15) is 12.8 Å². The van der Waals surface area contributed by atoms with Crippen LogP contribution in [0.3, 0.4) is 0 Å². The highest BCUT2D eigenvalue weighted by Gasteiger charge is 2.18. The van der Waals surface area contributed by atoms with Crippen molar-refractivity contribution in [2.75, 3.05) is 43.4 Å². The summed E-state index contributed by atoms with van der Waals surface area (Å²) in [6.07, 6.45) is 7.55. The molecule has 0 spiro atoms. The predicted molar refractivity (Wildman–Crippen MR) is 154 cm³/mol. The Balaban J connectivity index is 1.34. The maximum Gasteiger partial charge on any atom is 0.227 e. The SMILES string of the molecule is C=CCNc1nc(-c2cc(=O)cc[nH]2)c(-c2ccnc(Nc3ccc(OCCN4CCCC4)c(Cl)c3)n2)s1. The summed E-state index contributed by atoms with van der Waals surface area (Å²) in [6.45, 7) is 8.09. The van der Waals surface area contributed by atoms with E-state index in [4.69, 9.17) is 26.3 Å². The van der Waals surface area contributed by atoms with E-state index < -0.39 is 0 Å². The van der Waals surface area contributed by atoms with Crippen molar-refractivity contribution in [3.63, 3.8) is 0 Å². The first-order valence-corrected chi connectivity index (χ1v) is 13.6. The van der Waals surface area contributed by atoms with Crippen LogP contribution in [0.4, 0.5) is 16.8 Å². The zero-order chi connectivity index (χ0) is 26.3. The van der Waals surface area contributed by atoms with Gasteiger partial charge in [0.1, 0.15) is 18.1 Å². The van der Waals surface area contributed by atoms with Gasteiger partial charge in [-0.25, -0.2) is 15.0 Å². The van der Waals surface area contributed by atoms with Crippen LogP contribution in [-0.4, -0.2) is 57.6 Å². The van der Waals surface area contributed by atoms with Gasteiger partial charge >= 0.3 is 0 Å². The maximum atomic E-state index is 12.0. The van der Waals surface area contributed by atoms with Crippen molar-refractivity contribution >= 4 is 39.7 Å². The van der Waals surface area contributed by atoms with Crippen molar-refractivity contribution in [2.24, 2.45) is 0 Å². The van der Waals surface area contributed by atoms with Crippen LogP contribution in [0.2, 0.25) is 5.02 Å². The van der Waals surface area contributed by atoms with E-state index in [9.17, 15) is 4.79 Å². The molecule has 1 fully saturated rings. The summed E-state index contributed by atoms with van der Waals surface area (Å²) in [4.78, 5) is 32.1. The largest absolute Gasteiger partial charge is 0.491 e. The van der Waals surface area contributed by atoms with Crippen molar-refractivity contribution < 1.29 is 4.74 Å². The molecule has 3 N–H and O–H groups in total. The van der Waals surface area contributed by atoms with E-state index in [0.29, 0.717) is 52.1 Å². The number of likely N-dealkylation sites (tertiary alicyclic amines) is 1. The summed E-state index contributed by atoms with van der Waals surface area (Å²) in [5.41, 5.74) is 2.53. The molecule has 0 bridgehead atoms. The summed E-state index contributed by atoms with van der Waals surface area (Å²) in [6, 6.07) is 10.3. The van der Waals surface area contributed by atoms with Crippen molar-refractivity contribution in [2.45, 2.75) is 12.8 Å². The van der Waals surface area contributed by atoms with Crippen LogP contribution in [0.5, 0.6) is 5.75 Å². The van der Waals surface area contributed by atoms with Crippen molar-refractivity contribution in [3.05, 3.63) is 76.7 Å². The Kier molecular flexibility index (Phi) is 8.32. The Hall–Kier alpha value is -3.73. The molecule has 38 heavy (non-hydrogen) atoms. The lowest BCUT2D eigenvalue weighted by atomic mass is 10.2. The van der Waals surface area contributed by atoms with Gasteiger partial charge in [-0.15, -0.1) is 6.58 Å². The van der Waals surface area contributed by atoms with Gasteiger partial charge in [-0.3, -0.25) is 9.69 Å². The van der Waals surface area contributed by atoms with Gasteiger partial charge in [0, 0.05) is 43.3 Å². The molecule has 0 radical (unpaired) electrons. The number of hydrogen-bond donors (Lipinski definition) is 3. The Morgan fingerprint density at radius 3 is 2.84 bits per heavy atom. The number of anilines is 3. The van der Waals surface area contributed by atoms with E-state index in [0.717, 1.165) is 30.2 Å². The van der Waals surface area contributed by atoms with E-state index in [1.807, 2.05) is 18.2 Å². The quantitative estimate of drug-likeness (QED) is 0.213. The van der Waals surface area contributed by atoms with Crippen LogP contribution in [0, 0.1) is 0 Å². The fourth-order valence-corrected chi connectivity index (χ4v) is 5.35. The normalized spacial score (nSPS) is 13.4. The number of ether oxygens (including phenoxy) is 1. The van der Waals surface area contributed by atoms with Gasteiger partial charge in [-0.05, 0) is 50.2 Å². The molecule has 4 heterocycles. The highest BCUT2D eigenvalue weighted by Crippen LogP contribution is 2.37. The molecule has 9 nitrogen and oxygen atoms in total. The van der Waals surface area contributed by atoms with Crippen LogP contribution in [0.25, 0.3) is 22.0 Å². The molecule has 11 heteroatoms. The molecule has 0 atom stereocenters. The minimum Gasteiger partial charge on any atom is -0.491 e. The highest BCUT2D eigenvalue weighted by atomic mass is 35.5. The fourth-order valence-electron chi connectivity index (χ4n) is 4.15. The molecule has 196 valence electrons. The number of thiazole rings is 1. The van der Waals surface area contributed by atoms with Crippen LogP contribution in [-0.2, 0) is 0 Å². The number of nitrogens with zero attached hydrogens (tertiary/aromatic N) is 4. The summed E-state index contributed by atoms with van der Waals surface area (Å²) >= 11 is 7.93. The Bertz CT molecular complexity index is 1470. The molecule has 1 aromatic carbocycles. The molecular formula is C27H28ClN7O2S. The number of rotatable bonds is 11. The second kappa shape index (κ2) is 12.2. The Morgan fingerprint density at radius 2 is 2.05 bits per heavy atom. The molecule has 5 rings (SSSR count). The zero-order valence-electron chi connectivity index (χ0n) is 20.7. The van der Waals surface area contributed by atoms with Gasteiger partial charge in [0.05, 0.1) is 21.3 Å². The molecule has 0 saturated carbocycles. The second-order valence-corrected chi connectivity index (χ2v) is 10.1. The predicted octanol–water partition coefficient (Wildman–Crippen LogP) is 5.42. The second-order valence-electron chi connectivity index (χ2n) is 8.74. The summed E-state index contributed by atoms with van der Waals surface area (Å²) in [5, 5.41) is 7.65. The average Bonchev–Trinajstić information content (AvgIpc) is 3.59. The molecule has 4 aromatic rings. The Labute approximate surface area is 229 Å². The monoisotopic (exact) mass is 549 g/mol. The first kappa shape index (κ1) is 25.9. The third-order valence-electron chi connectivity index (χ3n) is 5.99. The fraction of sp³-hybridized carbons (Fsp3) is 0.259. The number of nitrogens with one attached hydrogen (secondary N) is 3. The molecule has 0 amide bonds. The molecule has 1 aliphatic heterocycles. The third-order valence-corrected chi connectivity index (χ3v) is 7.32. The van der Waals surface area contributed by atoms with Gasteiger partial charge in [0.25, 0.3) is 0 Å². The van der Waals surface area contributed by atoms with Crippen LogP contribution < -0.4 is 20.8 Å². The van der Waals surface area contributed by atoms with Crippen molar-refractivity contribution in [3.8, 4) is 27.7 Å². The molecule has 3 aromatic heterocycles. The minimum absolute atomic E-state index is 0.108. The van der Waals surface area contributed by atoms with Crippen LogP contribution in [0.15, 0.2) is 66.2 Å². The smallest absolute Gasteiger partial charge is 0.227 e. The number of benzene rings is 1. The highest BCUT2D eigenvalue weighted by molar-refractivity contribution is 7.19. The third kappa shape index (κ3) is 6.39. The first-order chi connectivity index (χ1) is 18.6. The van der Waals surface area contributed by atoms with Gasteiger partial charge < -0.3 is 20.4 Å². The topological polar surface area (TPSA) is 108 Å². The molecule has 1 saturated heterocycles. The Morgan fingerprint density at radius 1 is 1.18 bits per heavy atom. The van der Waals surface area contributed by atoms with Crippen molar-refractivity contribution in [1.29, 1.82) is 0 Å². The van der Waals surface area contributed by atoms with Gasteiger partial charge in [-0.2, -0.15) is 0 Å².